The third-order valence-corrected chi connectivity index (χ3v) is 3.83. The van der Waals surface area contributed by atoms with Crippen molar-refractivity contribution < 1.29 is 0 Å². The van der Waals surface area contributed by atoms with Crippen molar-refractivity contribution in [2.24, 2.45) is 5.73 Å². The molecule has 1 unspecified atom stereocenters. The minimum absolute atomic E-state index is 0.0322. The van der Waals surface area contributed by atoms with Gasteiger partial charge in [0.05, 0.1) is 30.2 Å². The second-order valence-corrected chi connectivity index (χ2v) is 6.67. The molecule has 2 aromatic rings. The molecule has 5 nitrogen and oxygen atoms in total. The summed E-state index contributed by atoms with van der Waals surface area (Å²) in [4.78, 5) is 4.65. The van der Waals surface area contributed by atoms with Gasteiger partial charge >= 0.3 is 0 Å². The van der Waals surface area contributed by atoms with E-state index in [1.165, 1.54) is 0 Å². The number of thiazole rings is 1. The maximum absolute atomic E-state index is 5.93. The van der Waals surface area contributed by atoms with E-state index in [-0.39, 0.29) is 11.5 Å². The fourth-order valence-corrected chi connectivity index (χ4v) is 2.65. The summed E-state index contributed by atoms with van der Waals surface area (Å²) in [6, 6.07) is -0.0322. The molecule has 0 fully saturated rings. The predicted octanol–water partition coefficient (Wildman–Crippen LogP) is 2.49. The number of hydrogen-bond donors (Lipinski definition) is 1. The summed E-state index contributed by atoms with van der Waals surface area (Å²) in [5.41, 5.74) is 7.99. The van der Waals surface area contributed by atoms with Gasteiger partial charge in [-0.25, -0.2) is 9.67 Å². The van der Waals surface area contributed by atoms with E-state index in [0.29, 0.717) is 6.54 Å². The highest BCUT2D eigenvalue weighted by molar-refractivity contribution is 7.09. The summed E-state index contributed by atoms with van der Waals surface area (Å²) < 4.78 is 1.80. The zero-order valence-corrected chi connectivity index (χ0v) is 12.7. The molecule has 0 bridgehead atoms. The highest BCUT2D eigenvalue weighted by Crippen LogP contribution is 2.24. The average Bonchev–Trinajstić information content (AvgIpc) is 2.97. The van der Waals surface area contributed by atoms with E-state index in [1.807, 2.05) is 13.1 Å². The molecule has 0 aliphatic heterocycles. The molecule has 104 valence electrons. The fourth-order valence-electron chi connectivity index (χ4n) is 1.64. The fraction of sp³-hybridized carbons (Fsp3) is 0.615. The van der Waals surface area contributed by atoms with Crippen LogP contribution in [0, 0.1) is 0 Å². The highest BCUT2D eigenvalue weighted by Gasteiger charge is 2.17. The van der Waals surface area contributed by atoms with Crippen LogP contribution in [0.5, 0.6) is 0 Å². The van der Waals surface area contributed by atoms with Gasteiger partial charge in [-0.1, -0.05) is 32.9 Å². The molecule has 6 heteroatoms. The van der Waals surface area contributed by atoms with E-state index in [1.54, 1.807) is 16.0 Å². The Morgan fingerprint density at radius 2 is 2.16 bits per heavy atom. The van der Waals surface area contributed by atoms with Crippen molar-refractivity contribution in [3.8, 4) is 0 Å². The Morgan fingerprint density at radius 3 is 2.74 bits per heavy atom. The molecule has 0 aliphatic rings. The largest absolute Gasteiger partial charge is 0.323 e. The summed E-state index contributed by atoms with van der Waals surface area (Å²) in [5.74, 6) is 0. The van der Waals surface area contributed by atoms with Crippen LogP contribution in [0.4, 0.5) is 0 Å². The maximum atomic E-state index is 5.93. The monoisotopic (exact) mass is 279 g/mol. The Morgan fingerprint density at radius 1 is 1.42 bits per heavy atom. The molecular formula is C13H21N5S. The Labute approximate surface area is 117 Å². The molecule has 2 rings (SSSR count). The van der Waals surface area contributed by atoms with Crippen LogP contribution < -0.4 is 5.73 Å². The number of aromatic nitrogens is 4. The molecule has 0 spiro atoms. The van der Waals surface area contributed by atoms with Crippen LogP contribution in [-0.4, -0.2) is 20.0 Å². The Kier molecular flexibility index (Phi) is 4.01. The molecule has 1 atom stereocenters. The highest BCUT2D eigenvalue weighted by atomic mass is 32.1. The summed E-state index contributed by atoms with van der Waals surface area (Å²) in [5, 5.41) is 11.4. The molecule has 19 heavy (non-hydrogen) atoms. The predicted molar refractivity (Wildman–Crippen MR) is 77.2 cm³/mol. The van der Waals surface area contributed by atoms with Crippen molar-refractivity contribution in [1.82, 2.24) is 20.0 Å². The first kappa shape index (κ1) is 14.1. The topological polar surface area (TPSA) is 69.6 Å². The van der Waals surface area contributed by atoms with Gasteiger partial charge in [-0.3, -0.25) is 0 Å². The molecule has 0 aromatic carbocycles. The molecule has 0 aliphatic carbocycles. The van der Waals surface area contributed by atoms with E-state index < -0.39 is 0 Å². The van der Waals surface area contributed by atoms with E-state index in [9.17, 15) is 0 Å². The van der Waals surface area contributed by atoms with Crippen LogP contribution in [0.2, 0.25) is 0 Å². The van der Waals surface area contributed by atoms with Gasteiger partial charge in [0.1, 0.15) is 5.01 Å². The minimum atomic E-state index is -0.0322. The van der Waals surface area contributed by atoms with Crippen LogP contribution in [-0.2, 0) is 12.0 Å². The van der Waals surface area contributed by atoms with Crippen molar-refractivity contribution in [2.45, 2.75) is 52.1 Å². The van der Waals surface area contributed by atoms with Crippen LogP contribution in [0.1, 0.15) is 56.6 Å². The maximum Gasteiger partial charge on any atom is 0.114 e. The van der Waals surface area contributed by atoms with E-state index in [0.717, 1.165) is 22.8 Å². The molecule has 2 aromatic heterocycles. The lowest BCUT2D eigenvalue weighted by molar-refractivity contribution is 0.566. The molecule has 0 saturated heterocycles. The Balaban J connectivity index is 2.09. The standard InChI is InChI=1S/C13H21N5S/c1-5-9(14)10-6-18(17-16-10)7-12-15-11(8-19-12)13(2,3)4/h6,8-9H,5,7,14H2,1-4H3. The van der Waals surface area contributed by atoms with Crippen LogP contribution in [0.3, 0.4) is 0 Å². The molecule has 0 amide bonds. The van der Waals surface area contributed by atoms with Crippen LogP contribution in [0.15, 0.2) is 11.6 Å². The number of nitrogens with zero attached hydrogens (tertiary/aromatic N) is 4. The quantitative estimate of drug-likeness (QED) is 0.933. The lowest BCUT2D eigenvalue weighted by atomic mass is 9.93. The van der Waals surface area contributed by atoms with E-state index in [4.69, 9.17) is 5.73 Å². The molecule has 0 radical (unpaired) electrons. The third kappa shape index (κ3) is 3.39. The van der Waals surface area contributed by atoms with Crippen LogP contribution >= 0.6 is 11.3 Å². The van der Waals surface area contributed by atoms with Gasteiger partial charge in [-0.2, -0.15) is 0 Å². The smallest absolute Gasteiger partial charge is 0.114 e. The lowest BCUT2D eigenvalue weighted by Gasteiger charge is -2.14. The Bertz CT molecular complexity index is 537. The van der Waals surface area contributed by atoms with Crippen molar-refractivity contribution in [2.75, 3.05) is 0 Å². The molecule has 2 heterocycles. The van der Waals surface area contributed by atoms with Gasteiger partial charge in [-0.05, 0) is 6.42 Å². The van der Waals surface area contributed by atoms with E-state index >= 15 is 0 Å². The summed E-state index contributed by atoms with van der Waals surface area (Å²) in [7, 11) is 0. The number of rotatable bonds is 4. The molecule has 0 saturated carbocycles. The molecular weight excluding hydrogens is 258 g/mol. The van der Waals surface area contributed by atoms with Gasteiger partial charge in [0.2, 0.25) is 0 Å². The third-order valence-electron chi connectivity index (χ3n) is 2.99. The van der Waals surface area contributed by atoms with Crippen molar-refractivity contribution in [1.29, 1.82) is 0 Å². The van der Waals surface area contributed by atoms with Gasteiger partial charge in [0.25, 0.3) is 0 Å². The summed E-state index contributed by atoms with van der Waals surface area (Å²) in [6.45, 7) is 9.20. The van der Waals surface area contributed by atoms with Crippen molar-refractivity contribution >= 4 is 11.3 Å². The van der Waals surface area contributed by atoms with Gasteiger partial charge in [0.15, 0.2) is 0 Å². The second kappa shape index (κ2) is 5.38. The average molecular weight is 279 g/mol. The molecule has 2 N–H and O–H groups in total. The van der Waals surface area contributed by atoms with Gasteiger partial charge in [-0.15, -0.1) is 16.4 Å². The first-order valence-electron chi connectivity index (χ1n) is 6.50. The summed E-state index contributed by atoms with van der Waals surface area (Å²) >= 11 is 1.66. The van der Waals surface area contributed by atoms with E-state index in [2.05, 4.69) is 41.4 Å². The van der Waals surface area contributed by atoms with Crippen molar-refractivity contribution in [3.63, 3.8) is 0 Å². The number of nitrogens with two attached hydrogens (primary N) is 1. The van der Waals surface area contributed by atoms with Crippen LogP contribution in [0.25, 0.3) is 0 Å². The Hall–Kier alpha value is -1.27. The normalized spacial score (nSPS) is 13.7. The summed E-state index contributed by atoms with van der Waals surface area (Å²) in [6.07, 6.45) is 2.77. The second-order valence-electron chi connectivity index (χ2n) is 5.73. The SMILES string of the molecule is CCC(N)c1cn(Cc2nc(C(C)(C)C)cs2)nn1. The number of hydrogen-bond acceptors (Lipinski definition) is 5. The van der Waals surface area contributed by atoms with Gasteiger partial charge < -0.3 is 5.73 Å². The zero-order chi connectivity index (χ0) is 14.0. The minimum Gasteiger partial charge on any atom is -0.323 e. The lowest BCUT2D eigenvalue weighted by Crippen LogP contribution is -2.12. The first-order chi connectivity index (χ1) is 8.90. The van der Waals surface area contributed by atoms with Gasteiger partial charge in [0, 0.05) is 10.8 Å². The van der Waals surface area contributed by atoms with Crippen molar-refractivity contribution in [3.05, 3.63) is 28.0 Å². The zero-order valence-electron chi connectivity index (χ0n) is 11.9. The first-order valence-corrected chi connectivity index (χ1v) is 7.38.